The number of likely N-dealkylation sites (tertiary alicyclic amines) is 1. The summed E-state index contributed by atoms with van der Waals surface area (Å²) in [5.41, 5.74) is 11.8. The van der Waals surface area contributed by atoms with Gasteiger partial charge in [0.15, 0.2) is 0 Å². The average Bonchev–Trinajstić information content (AvgIpc) is 4.12. The number of rotatable bonds is 19. The fourth-order valence-corrected chi connectivity index (χ4v) is 11.8. The van der Waals surface area contributed by atoms with E-state index in [4.69, 9.17) is 4.74 Å². The van der Waals surface area contributed by atoms with E-state index in [0.29, 0.717) is 67.4 Å². The molecule has 0 aromatic heterocycles. The molecule has 1 saturated carbocycles. The summed E-state index contributed by atoms with van der Waals surface area (Å²) >= 11 is 1.89. The van der Waals surface area contributed by atoms with E-state index in [2.05, 4.69) is 91.2 Å². The molecule has 11 atom stereocenters. The molecular formula is C45H78N12O5S. The number of ether oxygens (including phenoxy) is 1. The minimum Gasteiger partial charge on any atom is -0.391 e. The summed E-state index contributed by atoms with van der Waals surface area (Å²) in [4.78, 5) is 42.1. The molecule has 5 saturated heterocycles. The molecule has 63 heavy (non-hydrogen) atoms. The van der Waals surface area contributed by atoms with Crippen LogP contribution in [0.15, 0.2) is 24.3 Å². The lowest BCUT2D eigenvalue weighted by atomic mass is 9.85. The Kier molecular flexibility index (Phi) is 17.2. The molecule has 10 N–H and O–H groups in total. The van der Waals surface area contributed by atoms with Gasteiger partial charge in [-0.3, -0.25) is 30.4 Å². The Morgan fingerprint density at radius 3 is 2.52 bits per heavy atom. The summed E-state index contributed by atoms with van der Waals surface area (Å²) in [7, 11) is 0. The Morgan fingerprint density at radius 2 is 1.79 bits per heavy atom. The maximum Gasteiger partial charge on any atom is 0.246 e. The summed E-state index contributed by atoms with van der Waals surface area (Å²) in [6, 6.07) is 8.70. The van der Waals surface area contributed by atoms with E-state index in [1.165, 1.54) is 36.1 Å². The molecule has 354 valence electrons. The number of hydrazine groups is 3. The monoisotopic (exact) mass is 899 g/mol. The number of β-amino-alcohol motifs (C(OH)–C–C–N with tert-alkyl or cyclic N) is 1. The third-order valence-corrected chi connectivity index (χ3v) is 15.6. The van der Waals surface area contributed by atoms with Gasteiger partial charge in [-0.15, -0.1) is 11.8 Å². The molecule has 6 fully saturated rings. The average molecular weight is 899 g/mol. The van der Waals surface area contributed by atoms with Crippen molar-refractivity contribution in [1.82, 2.24) is 63.2 Å². The molecule has 0 spiro atoms. The highest BCUT2D eigenvalue weighted by atomic mass is 32.2. The van der Waals surface area contributed by atoms with Crippen molar-refractivity contribution in [1.29, 1.82) is 0 Å². The van der Waals surface area contributed by atoms with E-state index in [9.17, 15) is 19.5 Å². The minimum absolute atomic E-state index is 0.0241. The summed E-state index contributed by atoms with van der Waals surface area (Å²) in [5.74, 6) is 0.526. The molecule has 17 nitrogen and oxygen atoms in total. The molecule has 5 heterocycles. The fourth-order valence-electron chi connectivity index (χ4n) is 10.5. The number of fused-ring (bicyclic) bond motifs is 1. The third kappa shape index (κ3) is 12.7. The first-order valence-electron chi connectivity index (χ1n) is 23.9. The second kappa shape index (κ2) is 22.4. The van der Waals surface area contributed by atoms with Crippen LogP contribution in [0.4, 0.5) is 0 Å². The van der Waals surface area contributed by atoms with Gasteiger partial charge in [0.05, 0.1) is 25.0 Å². The minimum atomic E-state index is -0.915. The lowest BCUT2D eigenvalue weighted by Gasteiger charge is -2.45. The predicted octanol–water partition coefficient (Wildman–Crippen LogP) is 0.990. The summed E-state index contributed by atoms with van der Waals surface area (Å²) in [6.45, 7) is 16.2. The van der Waals surface area contributed by atoms with Crippen molar-refractivity contribution < 1.29 is 24.2 Å². The number of benzene rings is 1. The number of amides is 3. The molecule has 0 radical (unpaired) electrons. The van der Waals surface area contributed by atoms with E-state index < -0.39 is 35.4 Å². The summed E-state index contributed by atoms with van der Waals surface area (Å²) in [6.07, 6.45) is 8.26. The van der Waals surface area contributed by atoms with Crippen LogP contribution in [0.5, 0.6) is 0 Å². The smallest absolute Gasteiger partial charge is 0.246 e. The zero-order chi connectivity index (χ0) is 44.7. The molecule has 1 aliphatic carbocycles. The van der Waals surface area contributed by atoms with Crippen molar-refractivity contribution in [2.75, 3.05) is 51.8 Å². The van der Waals surface area contributed by atoms with Crippen LogP contribution in [-0.2, 0) is 25.7 Å². The van der Waals surface area contributed by atoms with E-state index >= 15 is 0 Å². The molecule has 0 bridgehead atoms. The molecule has 5 aliphatic heterocycles. The van der Waals surface area contributed by atoms with Crippen molar-refractivity contribution in [3.8, 4) is 0 Å². The van der Waals surface area contributed by atoms with Crippen LogP contribution in [0.3, 0.4) is 0 Å². The Labute approximate surface area is 379 Å². The molecule has 6 unspecified atom stereocenters. The van der Waals surface area contributed by atoms with Crippen molar-refractivity contribution in [2.24, 2.45) is 11.3 Å². The number of nitrogens with zero attached hydrogens (tertiary/aromatic N) is 3. The van der Waals surface area contributed by atoms with Crippen molar-refractivity contribution in [3.63, 3.8) is 0 Å². The van der Waals surface area contributed by atoms with Gasteiger partial charge in [-0.1, -0.05) is 71.7 Å². The second-order valence-corrected chi connectivity index (χ2v) is 21.0. The summed E-state index contributed by atoms with van der Waals surface area (Å²) in [5, 5.41) is 36.6. The lowest BCUT2D eigenvalue weighted by Crippen LogP contribution is -2.66. The first-order chi connectivity index (χ1) is 30.3. The van der Waals surface area contributed by atoms with Crippen LogP contribution in [0.25, 0.3) is 0 Å². The van der Waals surface area contributed by atoms with Crippen molar-refractivity contribution >= 4 is 29.5 Å². The number of aliphatic hydroxyl groups is 1. The first-order valence-corrected chi connectivity index (χ1v) is 24.9. The normalized spacial score (nSPS) is 32.1. The summed E-state index contributed by atoms with van der Waals surface area (Å²) < 4.78 is 5.79. The van der Waals surface area contributed by atoms with E-state index in [-0.39, 0.29) is 31.5 Å². The maximum absolute atomic E-state index is 14.0. The van der Waals surface area contributed by atoms with E-state index in [0.717, 1.165) is 50.3 Å². The van der Waals surface area contributed by atoms with Gasteiger partial charge in [-0.05, 0) is 61.5 Å². The van der Waals surface area contributed by atoms with Crippen LogP contribution in [0, 0.1) is 11.3 Å². The van der Waals surface area contributed by atoms with Crippen LogP contribution in [0.2, 0.25) is 0 Å². The van der Waals surface area contributed by atoms with Gasteiger partial charge in [0.25, 0.3) is 0 Å². The van der Waals surface area contributed by atoms with Crippen molar-refractivity contribution in [3.05, 3.63) is 35.4 Å². The number of thioether (sulfide) groups is 1. The number of hydrogen-bond donors (Lipinski definition) is 10. The highest BCUT2D eigenvalue weighted by molar-refractivity contribution is 7.99. The van der Waals surface area contributed by atoms with Gasteiger partial charge in [-0.2, -0.15) is 5.53 Å². The third-order valence-electron chi connectivity index (χ3n) is 14.2. The highest BCUT2D eigenvalue weighted by Gasteiger charge is 2.45. The zero-order valence-corrected chi connectivity index (χ0v) is 39.4. The lowest BCUT2D eigenvalue weighted by molar-refractivity contribution is -0.144. The fraction of sp³-hybridized carbons (Fsp3) is 0.800. The van der Waals surface area contributed by atoms with Gasteiger partial charge in [0.2, 0.25) is 17.7 Å². The van der Waals surface area contributed by atoms with Crippen LogP contribution >= 0.6 is 11.8 Å². The second-order valence-electron chi connectivity index (χ2n) is 19.9. The maximum atomic E-state index is 14.0. The Balaban J connectivity index is 0.791. The SMILES string of the molecule is CCC(CC)C1CC(N[C@H]2CC[C@H](NCC3CN(CCOCC(=O)N[C@H](C(=O)N4C[C@H](O)C[C@H]4C(=O)NCc4ccc(C5SCNC5C)cc4)C(C)(C)C)NN3)C2)N2NCCC2N1. The highest BCUT2D eigenvalue weighted by Crippen LogP contribution is 2.36. The molecular weight excluding hydrogens is 821 g/mol. The standard InChI is InChI=1S/C45H78N12O5S/c1-7-30(8-2)36-21-39(57-38(51-36)15-16-49-57)50-33-14-13-32(19-33)46-23-34-24-55(54-53-34)17-18-62-26-40(59)52-42(45(4,5)6)44(61)56-25-35(58)20-37(56)43(60)47-22-29-9-11-31(12-10-29)41-28(3)48-27-63-41/h9-12,28,30,32-39,41-42,46,48-51,53-54,58H,7-8,13-27H2,1-6H3,(H,47,60)(H,52,59)/t28?,32-,33-,34?,35+,36?,37-,38?,39?,41?,42+/m0/s1. The number of hydrogen-bond acceptors (Lipinski definition) is 15. The molecule has 18 heteroatoms. The van der Waals surface area contributed by atoms with Gasteiger partial charge in [-0.25, -0.2) is 15.4 Å². The number of carbonyl (C=O) groups is 3. The zero-order valence-electron chi connectivity index (χ0n) is 38.6. The molecule has 7 rings (SSSR count). The Bertz CT molecular complexity index is 1650. The molecule has 1 aromatic carbocycles. The predicted molar refractivity (Wildman–Crippen MR) is 246 cm³/mol. The van der Waals surface area contributed by atoms with Gasteiger partial charge >= 0.3 is 0 Å². The Hall–Kier alpha value is -2.46. The number of carbonyl (C=O) groups excluding carboxylic acids is 3. The van der Waals surface area contributed by atoms with E-state index in [1.807, 2.05) is 44.7 Å². The largest absolute Gasteiger partial charge is 0.391 e. The van der Waals surface area contributed by atoms with E-state index in [1.54, 1.807) is 0 Å². The first kappa shape index (κ1) is 48.5. The molecule has 1 aromatic rings. The van der Waals surface area contributed by atoms with Crippen LogP contribution in [-0.4, -0.2) is 150 Å². The topological polar surface area (TPSA) is 199 Å². The molecule has 3 amide bonds. The molecule has 6 aliphatic rings. The quantitative estimate of drug-likeness (QED) is 0.0883. The van der Waals surface area contributed by atoms with Crippen LogP contribution < -0.4 is 48.3 Å². The van der Waals surface area contributed by atoms with Gasteiger partial charge in [0.1, 0.15) is 18.7 Å². The Morgan fingerprint density at radius 1 is 1.02 bits per heavy atom. The van der Waals surface area contributed by atoms with Gasteiger partial charge < -0.3 is 36.0 Å². The van der Waals surface area contributed by atoms with Crippen molar-refractivity contribution in [2.45, 2.75) is 165 Å². The van der Waals surface area contributed by atoms with Crippen LogP contribution in [0.1, 0.15) is 109 Å². The van der Waals surface area contributed by atoms with Gasteiger partial charge in [0, 0.05) is 87.0 Å². The number of nitrogens with one attached hydrogen (secondary N) is 9. The number of aliphatic hydroxyl groups excluding tert-OH is 1.